The largest absolute Gasteiger partial charge is 0.226 e. The van der Waals surface area contributed by atoms with Crippen LogP contribution in [0, 0.1) is 5.95 Å². The molecule has 5 heteroatoms. The highest BCUT2D eigenvalue weighted by molar-refractivity contribution is 6.35. The minimum absolute atomic E-state index is 0.275. The highest BCUT2D eigenvalue weighted by atomic mass is 35.5. The second-order valence-electron chi connectivity index (χ2n) is 3.15. The fourth-order valence-electron chi connectivity index (χ4n) is 1.33. The summed E-state index contributed by atoms with van der Waals surface area (Å²) in [5.41, 5.74) is 0.821. The zero-order valence-electron chi connectivity index (χ0n) is 7.85. The summed E-state index contributed by atoms with van der Waals surface area (Å²) >= 11 is 17.4. The van der Waals surface area contributed by atoms with Crippen LogP contribution in [0.5, 0.6) is 0 Å². The van der Waals surface area contributed by atoms with Crippen molar-refractivity contribution in [2.24, 2.45) is 0 Å². The van der Waals surface area contributed by atoms with E-state index in [-0.39, 0.29) is 5.56 Å². The van der Waals surface area contributed by atoms with E-state index in [2.05, 4.69) is 4.98 Å². The quantitative estimate of drug-likeness (QED) is 0.679. The minimum Gasteiger partial charge on any atom is -0.226 e. The van der Waals surface area contributed by atoms with Crippen molar-refractivity contribution in [3.05, 3.63) is 51.5 Å². The van der Waals surface area contributed by atoms with Gasteiger partial charge in [-0.3, -0.25) is 0 Å². The lowest BCUT2D eigenvalue weighted by Crippen LogP contribution is -1.88. The predicted molar refractivity (Wildman–Crippen MR) is 64.7 cm³/mol. The molecule has 0 spiro atoms. The third-order valence-electron chi connectivity index (χ3n) is 1.98. The second kappa shape index (κ2) is 4.58. The summed E-state index contributed by atoms with van der Waals surface area (Å²) in [6, 6.07) is 6.25. The van der Waals surface area contributed by atoms with E-state index in [1.165, 1.54) is 12.3 Å². The topological polar surface area (TPSA) is 12.9 Å². The third kappa shape index (κ3) is 2.46. The van der Waals surface area contributed by atoms with Gasteiger partial charge in [0.05, 0.1) is 5.02 Å². The molecule has 82 valence electrons. The Hall–Kier alpha value is -0.830. The van der Waals surface area contributed by atoms with Gasteiger partial charge in [-0.2, -0.15) is 4.39 Å². The highest BCUT2D eigenvalue weighted by Crippen LogP contribution is 2.29. The summed E-state index contributed by atoms with van der Waals surface area (Å²) in [6.45, 7) is 0. The normalized spacial score (nSPS) is 10.5. The van der Waals surface area contributed by atoms with Crippen molar-refractivity contribution >= 4 is 34.8 Å². The average molecular weight is 277 g/mol. The molecule has 0 bridgehead atoms. The van der Waals surface area contributed by atoms with Gasteiger partial charge in [-0.15, -0.1) is 0 Å². The highest BCUT2D eigenvalue weighted by Gasteiger charge is 2.08. The SMILES string of the molecule is Fc1ncc(Cl)cc1-c1cc(Cl)cc(Cl)c1. The van der Waals surface area contributed by atoms with Gasteiger partial charge in [0.15, 0.2) is 0 Å². The van der Waals surface area contributed by atoms with E-state index in [1.54, 1.807) is 18.2 Å². The molecule has 0 unspecified atom stereocenters. The van der Waals surface area contributed by atoms with E-state index >= 15 is 0 Å². The van der Waals surface area contributed by atoms with E-state index in [9.17, 15) is 4.39 Å². The number of benzene rings is 1. The summed E-state index contributed by atoms with van der Waals surface area (Å²) in [7, 11) is 0. The maximum Gasteiger partial charge on any atom is 0.220 e. The molecule has 1 aromatic carbocycles. The van der Waals surface area contributed by atoms with Gasteiger partial charge < -0.3 is 0 Å². The Kier molecular flexibility index (Phi) is 3.33. The number of nitrogens with zero attached hydrogens (tertiary/aromatic N) is 1. The van der Waals surface area contributed by atoms with Gasteiger partial charge >= 0.3 is 0 Å². The van der Waals surface area contributed by atoms with Crippen LogP contribution in [-0.4, -0.2) is 4.98 Å². The van der Waals surface area contributed by atoms with Crippen LogP contribution in [-0.2, 0) is 0 Å². The Balaban J connectivity index is 2.62. The first-order chi connectivity index (χ1) is 7.56. The minimum atomic E-state index is -0.609. The molecule has 1 nitrogen and oxygen atoms in total. The van der Waals surface area contributed by atoms with Crippen molar-refractivity contribution < 1.29 is 4.39 Å². The van der Waals surface area contributed by atoms with E-state index in [0.29, 0.717) is 20.6 Å². The predicted octanol–water partition coefficient (Wildman–Crippen LogP) is 4.85. The lowest BCUT2D eigenvalue weighted by molar-refractivity contribution is 0.587. The standard InChI is InChI=1S/C11H5Cl3FN/c12-7-1-6(2-8(13)3-7)10-4-9(14)5-16-11(10)15/h1-5H. The van der Waals surface area contributed by atoms with Gasteiger partial charge in [-0.05, 0) is 29.8 Å². The van der Waals surface area contributed by atoms with E-state index in [0.717, 1.165) is 0 Å². The first-order valence-corrected chi connectivity index (χ1v) is 5.47. The molecule has 1 aromatic heterocycles. The molecule has 2 rings (SSSR count). The fourth-order valence-corrected chi connectivity index (χ4v) is 2.02. The Bertz CT molecular complexity index is 522. The molecule has 0 N–H and O–H groups in total. The van der Waals surface area contributed by atoms with Crippen LogP contribution in [0.2, 0.25) is 15.1 Å². The first kappa shape index (κ1) is 11.6. The lowest BCUT2D eigenvalue weighted by atomic mass is 10.1. The smallest absolute Gasteiger partial charge is 0.220 e. The van der Waals surface area contributed by atoms with Gasteiger partial charge in [0.2, 0.25) is 5.95 Å². The van der Waals surface area contributed by atoms with Crippen LogP contribution in [0.1, 0.15) is 0 Å². The zero-order valence-corrected chi connectivity index (χ0v) is 10.1. The third-order valence-corrected chi connectivity index (χ3v) is 2.62. The van der Waals surface area contributed by atoms with Crippen LogP contribution < -0.4 is 0 Å². The summed E-state index contributed by atoms with van der Waals surface area (Å²) in [4.78, 5) is 3.53. The van der Waals surface area contributed by atoms with Crippen molar-refractivity contribution in [3.8, 4) is 11.1 Å². The van der Waals surface area contributed by atoms with E-state index in [4.69, 9.17) is 34.8 Å². The van der Waals surface area contributed by atoms with Gasteiger partial charge in [0.1, 0.15) is 0 Å². The molecule has 16 heavy (non-hydrogen) atoms. The fraction of sp³-hybridized carbons (Fsp3) is 0. The van der Waals surface area contributed by atoms with Crippen molar-refractivity contribution in [2.45, 2.75) is 0 Å². The van der Waals surface area contributed by atoms with Crippen LogP contribution >= 0.6 is 34.8 Å². The molecule has 0 saturated carbocycles. The molecule has 0 radical (unpaired) electrons. The Morgan fingerprint density at radius 2 is 1.50 bits per heavy atom. The van der Waals surface area contributed by atoms with Crippen molar-refractivity contribution in [1.82, 2.24) is 4.98 Å². The molecule has 0 fully saturated rings. The summed E-state index contributed by atoms with van der Waals surface area (Å²) in [5, 5.41) is 1.22. The second-order valence-corrected chi connectivity index (χ2v) is 4.46. The Morgan fingerprint density at radius 1 is 0.875 bits per heavy atom. The number of hydrogen-bond acceptors (Lipinski definition) is 1. The monoisotopic (exact) mass is 275 g/mol. The number of pyridine rings is 1. The molecule has 0 atom stereocenters. The molecule has 0 amide bonds. The molecular weight excluding hydrogens is 271 g/mol. The molecule has 0 saturated heterocycles. The molecule has 2 aromatic rings. The maximum absolute atomic E-state index is 13.5. The number of rotatable bonds is 1. The van der Waals surface area contributed by atoms with Crippen molar-refractivity contribution in [2.75, 3.05) is 0 Å². The Labute approximate surface area is 107 Å². The van der Waals surface area contributed by atoms with Crippen molar-refractivity contribution in [3.63, 3.8) is 0 Å². The Morgan fingerprint density at radius 3 is 2.12 bits per heavy atom. The van der Waals surface area contributed by atoms with Gasteiger partial charge in [0.25, 0.3) is 0 Å². The molecule has 0 aliphatic rings. The summed E-state index contributed by atoms with van der Waals surface area (Å²) in [5.74, 6) is -0.609. The summed E-state index contributed by atoms with van der Waals surface area (Å²) in [6.07, 6.45) is 1.24. The van der Waals surface area contributed by atoms with Crippen LogP contribution in [0.4, 0.5) is 4.39 Å². The maximum atomic E-state index is 13.5. The van der Waals surface area contributed by atoms with Crippen LogP contribution in [0.3, 0.4) is 0 Å². The zero-order chi connectivity index (χ0) is 11.7. The molecule has 1 heterocycles. The molecule has 0 aliphatic heterocycles. The molecule has 0 aliphatic carbocycles. The first-order valence-electron chi connectivity index (χ1n) is 4.34. The average Bonchev–Trinajstić information content (AvgIpc) is 2.20. The van der Waals surface area contributed by atoms with Crippen LogP contribution in [0.25, 0.3) is 11.1 Å². The summed E-state index contributed by atoms with van der Waals surface area (Å²) < 4.78 is 13.5. The van der Waals surface area contributed by atoms with Gasteiger partial charge in [0, 0.05) is 21.8 Å². The van der Waals surface area contributed by atoms with Gasteiger partial charge in [-0.1, -0.05) is 34.8 Å². The lowest BCUT2D eigenvalue weighted by Gasteiger charge is -2.04. The number of hydrogen-bond donors (Lipinski definition) is 0. The van der Waals surface area contributed by atoms with Crippen molar-refractivity contribution in [1.29, 1.82) is 0 Å². The van der Waals surface area contributed by atoms with E-state index in [1.807, 2.05) is 0 Å². The molecular formula is C11H5Cl3FN. The van der Waals surface area contributed by atoms with E-state index < -0.39 is 5.95 Å². The van der Waals surface area contributed by atoms with Crippen LogP contribution in [0.15, 0.2) is 30.5 Å². The number of halogens is 4. The number of aromatic nitrogens is 1. The van der Waals surface area contributed by atoms with Gasteiger partial charge in [-0.25, -0.2) is 4.98 Å².